The molecule has 0 N–H and O–H groups in total. The minimum atomic E-state index is 0.307. The van der Waals surface area contributed by atoms with Crippen LogP contribution in [0.25, 0.3) is 0 Å². The molecule has 0 aromatic heterocycles. The van der Waals surface area contributed by atoms with Gasteiger partial charge in [-0.3, -0.25) is 0 Å². The Hall–Kier alpha value is 0.0500. The zero-order chi connectivity index (χ0) is 8.10. The number of rotatable bonds is 4. The van der Waals surface area contributed by atoms with Crippen molar-refractivity contribution in [1.82, 2.24) is 0 Å². The van der Waals surface area contributed by atoms with E-state index in [2.05, 4.69) is 13.5 Å². The van der Waals surface area contributed by atoms with Crippen LogP contribution in [-0.4, -0.2) is 17.8 Å². The van der Waals surface area contributed by atoms with Crippen molar-refractivity contribution in [3.05, 3.63) is 12.2 Å². The Balaban J connectivity index is 2.10. The van der Waals surface area contributed by atoms with Gasteiger partial charge < -0.3 is 4.74 Å². The third-order valence-corrected chi connectivity index (χ3v) is 3.09. The topological polar surface area (TPSA) is 9.23 Å². The third-order valence-electron chi connectivity index (χ3n) is 1.79. The molecule has 0 bridgehead atoms. The summed E-state index contributed by atoms with van der Waals surface area (Å²) in [7, 11) is 0. The molecule has 1 fully saturated rings. The van der Waals surface area contributed by atoms with E-state index in [0.29, 0.717) is 5.44 Å². The van der Waals surface area contributed by atoms with Gasteiger partial charge in [-0.1, -0.05) is 19.9 Å². The molecule has 1 aliphatic rings. The first-order chi connectivity index (χ1) is 5.34. The monoisotopic (exact) mass is 172 g/mol. The zero-order valence-electron chi connectivity index (χ0n) is 7.14. The van der Waals surface area contributed by atoms with Gasteiger partial charge in [0.2, 0.25) is 0 Å². The van der Waals surface area contributed by atoms with Gasteiger partial charge in [-0.2, -0.15) is 0 Å². The van der Waals surface area contributed by atoms with E-state index in [-0.39, 0.29) is 0 Å². The average Bonchev–Trinajstić information content (AvgIpc) is 2.37. The molecule has 0 amide bonds. The molecule has 11 heavy (non-hydrogen) atoms. The largest absolute Gasteiger partial charge is 0.363 e. The first kappa shape index (κ1) is 9.14. The Morgan fingerprint density at radius 2 is 2.55 bits per heavy atom. The fourth-order valence-corrected chi connectivity index (χ4v) is 2.25. The molecule has 1 aliphatic heterocycles. The molecule has 1 nitrogen and oxygen atoms in total. The molecular weight excluding hydrogens is 156 g/mol. The van der Waals surface area contributed by atoms with Crippen molar-refractivity contribution in [2.24, 2.45) is 0 Å². The fraction of sp³-hybridized carbons (Fsp3) is 0.778. The minimum absolute atomic E-state index is 0.307. The lowest BCUT2D eigenvalue weighted by Crippen LogP contribution is -2.01. The number of hydrogen-bond acceptors (Lipinski definition) is 2. The van der Waals surface area contributed by atoms with Crippen molar-refractivity contribution in [1.29, 1.82) is 0 Å². The number of thioether (sulfide) groups is 1. The Labute approximate surface area is 73.2 Å². The maximum atomic E-state index is 5.48. The van der Waals surface area contributed by atoms with Crippen LogP contribution in [0.15, 0.2) is 12.2 Å². The summed E-state index contributed by atoms with van der Waals surface area (Å²) in [5, 5.41) is 0. The minimum Gasteiger partial charge on any atom is -0.363 e. The van der Waals surface area contributed by atoms with E-state index in [1.165, 1.54) is 24.2 Å². The molecule has 64 valence electrons. The SMILES string of the molecule is C=C1CCOC1SCCCC. The van der Waals surface area contributed by atoms with Crippen molar-refractivity contribution in [3.8, 4) is 0 Å². The molecule has 1 rings (SSSR count). The molecule has 1 unspecified atom stereocenters. The first-order valence-electron chi connectivity index (χ1n) is 4.25. The second-order valence-electron chi connectivity index (χ2n) is 2.84. The third kappa shape index (κ3) is 2.88. The van der Waals surface area contributed by atoms with Crippen LogP contribution in [0.2, 0.25) is 0 Å². The molecule has 0 saturated carbocycles. The zero-order valence-corrected chi connectivity index (χ0v) is 7.95. The highest BCUT2D eigenvalue weighted by molar-refractivity contribution is 7.99. The normalized spacial score (nSPS) is 24.5. The summed E-state index contributed by atoms with van der Waals surface area (Å²) in [6, 6.07) is 0. The smallest absolute Gasteiger partial charge is 0.124 e. The van der Waals surface area contributed by atoms with Crippen LogP contribution in [0.4, 0.5) is 0 Å². The van der Waals surface area contributed by atoms with Crippen LogP contribution >= 0.6 is 11.8 Å². The van der Waals surface area contributed by atoms with Gasteiger partial charge in [0.1, 0.15) is 5.44 Å². The Morgan fingerprint density at radius 3 is 3.09 bits per heavy atom. The van der Waals surface area contributed by atoms with Crippen LogP contribution in [0.1, 0.15) is 26.2 Å². The van der Waals surface area contributed by atoms with Crippen molar-refractivity contribution in [3.63, 3.8) is 0 Å². The molecule has 0 radical (unpaired) electrons. The molecular formula is C9H16OS. The Kier molecular flexibility index (Phi) is 4.02. The lowest BCUT2D eigenvalue weighted by atomic mass is 10.3. The van der Waals surface area contributed by atoms with Crippen LogP contribution in [0.3, 0.4) is 0 Å². The summed E-state index contributed by atoms with van der Waals surface area (Å²) in [6.07, 6.45) is 3.62. The van der Waals surface area contributed by atoms with E-state index in [9.17, 15) is 0 Å². The van der Waals surface area contributed by atoms with Crippen LogP contribution in [0, 0.1) is 0 Å². The van der Waals surface area contributed by atoms with E-state index < -0.39 is 0 Å². The fourth-order valence-electron chi connectivity index (χ4n) is 1.03. The number of ether oxygens (including phenoxy) is 1. The second kappa shape index (κ2) is 4.83. The van der Waals surface area contributed by atoms with E-state index in [4.69, 9.17) is 4.74 Å². The van der Waals surface area contributed by atoms with E-state index in [1.807, 2.05) is 11.8 Å². The quantitative estimate of drug-likeness (QED) is 0.476. The highest BCUT2D eigenvalue weighted by atomic mass is 32.2. The summed E-state index contributed by atoms with van der Waals surface area (Å²) in [4.78, 5) is 0. The summed E-state index contributed by atoms with van der Waals surface area (Å²) in [6.45, 7) is 7.06. The molecule has 2 heteroatoms. The molecule has 0 aliphatic carbocycles. The average molecular weight is 172 g/mol. The van der Waals surface area contributed by atoms with Crippen molar-refractivity contribution >= 4 is 11.8 Å². The second-order valence-corrected chi connectivity index (χ2v) is 4.01. The number of hydrogen-bond donors (Lipinski definition) is 0. The van der Waals surface area contributed by atoms with Gasteiger partial charge in [-0.05, 0) is 24.2 Å². The van der Waals surface area contributed by atoms with E-state index >= 15 is 0 Å². The predicted molar refractivity (Wildman–Crippen MR) is 50.9 cm³/mol. The van der Waals surface area contributed by atoms with Crippen molar-refractivity contribution < 1.29 is 4.74 Å². The molecule has 1 atom stereocenters. The molecule has 0 aromatic carbocycles. The van der Waals surface area contributed by atoms with Crippen LogP contribution in [0.5, 0.6) is 0 Å². The lowest BCUT2D eigenvalue weighted by Gasteiger charge is -2.08. The Bertz CT molecular complexity index is 134. The van der Waals surface area contributed by atoms with Gasteiger partial charge in [0, 0.05) is 0 Å². The summed E-state index contributed by atoms with van der Waals surface area (Å²) < 4.78 is 5.48. The van der Waals surface area contributed by atoms with E-state index in [0.717, 1.165) is 13.0 Å². The highest BCUT2D eigenvalue weighted by Crippen LogP contribution is 2.28. The summed E-state index contributed by atoms with van der Waals surface area (Å²) in [5.41, 5.74) is 1.58. The maximum Gasteiger partial charge on any atom is 0.124 e. The molecule has 0 spiro atoms. The van der Waals surface area contributed by atoms with Gasteiger partial charge in [-0.15, -0.1) is 11.8 Å². The molecule has 1 saturated heterocycles. The van der Waals surface area contributed by atoms with Gasteiger partial charge in [0.15, 0.2) is 0 Å². The first-order valence-corrected chi connectivity index (χ1v) is 5.30. The van der Waals surface area contributed by atoms with Crippen LogP contribution < -0.4 is 0 Å². The standard InChI is InChI=1S/C9H16OS/c1-3-4-7-11-9-8(2)5-6-10-9/h9H,2-7H2,1H3. The van der Waals surface area contributed by atoms with Crippen molar-refractivity contribution in [2.75, 3.05) is 12.4 Å². The summed E-state index contributed by atoms with van der Waals surface area (Å²) >= 11 is 1.89. The Morgan fingerprint density at radius 1 is 1.73 bits per heavy atom. The van der Waals surface area contributed by atoms with Crippen LogP contribution in [-0.2, 0) is 4.74 Å². The predicted octanol–water partition coefficient (Wildman–Crippen LogP) is 2.82. The lowest BCUT2D eigenvalue weighted by molar-refractivity contribution is 0.182. The van der Waals surface area contributed by atoms with Gasteiger partial charge in [0.05, 0.1) is 6.61 Å². The number of unbranched alkanes of at least 4 members (excludes halogenated alkanes) is 1. The summed E-state index contributed by atoms with van der Waals surface area (Å²) in [5.74, 6) is 1.21. The van der Waals surface area contributed by atoms with Gasteiger partial charge in [-0.25, -0.2) is 0 Å². The molecule has 1 heterocycles. The maximum absolute atomic E-state index is 5.48. The molecule has 0 aromatic rings. The van der Waals surface area contributed by atoms with Gasteiger partial charge in [0.25, 0.3) is 0 Å². The highest BCUT2D eigenvalue weighted by Gasteiger charge is 2.19. The van der Waals surface area contributed by atoms with E-state index in [1.54, 1.807) is 0 Å². The van der Waals surface area contributed by atoms with Crippen molar-refractivity contribution in [2.45, 2.75) is 31.6 Å². The van der Waals surface area contributed by atoms with Gasteiger partial charge >= 0.3 is 0 Å².